The van der Waals surface area contributed by atoms with Crippen LogP contribution in [0.2, 0.25) is 0 Å². The molecule has 1 N–H and O–H groups in total. The van der Waals surface area contributed by atoms with Crippen molar-refractivity contribution >= 4 is 11.8 Å². The SMILES string of the molecule is CC(=O)N1CCc2ccc(OC(C)C(=O)NCC(C)C)cc2C1c1cccc(F)c1. The van der Waals surface area contributed by atoms with Gasteiger partial charge in [0.1, 0.15) is 11.6 Å². The topological polar surface area (TPSA) is 58.6 Å². The summed E-state index contributed by atoms with van der Waals surface area (Å²) < 4.78 is 19.8. The number of carbonyl (C=O) groups is 2. The van der Waals surface area contributed by atoms with Crippen LogP contribution in [0, 0.1) is 11.7 Å². The van der Waals surface area contributed by atoms with Crippen LogP contribution in [0.25, 0.3) is 0 Å². The molecular formula is C24H29FN2O3. The van der Waals surface area contributed by atoms with Gasteiger partial charge in [-0.25, -0.2) is 4.39 Å². The molecule has 1 aliphatic rings. The number of rotatable bonds is 6. The van der Waals surface area contributed by atoms with Gasteiger partial charge in [0, 0.05) is 20.0 Å². The third-order valence-electron chi connectivity index (χ3n) is 5.28. The van der Waals surface area contributed by atoms with E-state index in [1.54, 1.807) is 17.9 Å². The zero-order valence-corrected chi connectivity index (χ0v) is 17.9. The number of benzene rings is 2. The zero-order valence-electron chi connectivity index (χ0n) is 17.9. The maximum atomic E-state index is 13.9. The summed E-state index contributed by atoms with van der Waals surface area (Å²) in [5.74, 6) is 0.323. The highest BCUT2D eigenvalue weighted by Gasteiger charge is 2.31. The number of nitrogens with zero attached hydrogens (tertiary/aromatic N) is 1. The minimum atomic E-state index is -0.651. The molecule has 2 amide bonds. The molecular weight excluding hydrogens is 383 g/mol. The summed E-state index contributed by atoms with van der Waals surface area (Å²) in [6.07, 6.45) is 0.0627. The van der Waals surface area contributed by atoms with E-state index < -0.39 is 12.1 Å². The molecule has 1 aliphatic heterocycles. The molecule has 160 valence electrons. The molecule has 0 aliphatic carbocycles. The van der Waals surface area contributed by atoms with Crippen LogP contribution < -0.4 is 10.1 Å². The minimum Gasteiger partial charge on any atom is -0.481 e. The third-order valence-corrected chi connectivity index (χ3v) is 5.28. The Morgan fingerprint density at radius 1 is 1.20 bits per heavy atom. The molecule has 0 radical (unpaired) electrons. The van der Waals surface area contributed by atoms with E-state index in [0.29, 0.717) is 36.7 Å². The maximum absolute atomic E-state index is 13.9. The molecule has 2 aromatic rings. The second-order valence-electron chi connectivity index (χ2n) is 8.18. The smallest absolute Gasteiger partial charge is 0.260 e. The first-order valence-electron chi connectivity index (χ1n) is 10.4. The Hall–Kier alpha value is -2.89. The van der Waals surface area contributed by atoms with E-state index in [9.17, 15) is 14.0 Å². The van der Waals surface area contributed by atoms with Crippen LogP contribution in [0.4, 0.5) is 4.39 Å². The molecule has 0 bridgehead atoms. The van der Waals surface area contributed by atoms with E-state index in [-0.39, 0.29) is 17.6 Å². The molecule has 0 fully saturated rings. The number of hydrogen-bond acceptors (Lipinski definition) is 3. The van der Waals surface area contributed by atoms with Crippen LogP contribution in [-0.2, 0) is 16.0 Å². The Labute approximate surface area is 177 Å². The second kappa shape index (κ2) is 9.28. The van der Waals surface area contributed by atoms with Gasteiger partial charge in [-0.15, -0.1) is 0 Å². The van der Waals surface area contributed by atoms with Gasteiger partial charge in [-0.1, -0.05) is 32.0 Å². The number of carbonyl (C=O) groups excluding carboxylic acids is 2. The Morgan fingerprint density at radius 3 is 2.63 bits per heavy atom. The molecule has 6 heteroatoms. The van der Waals surface area contributed by atoms with E-state index in [1.165, 1.54) is 19.1 Å². The van der Waals surface area contributed by atoms with E-state index >= 15 is 0 Å². The highest BCUT2D eigenvalue weighted by atomic mass is 19.1. The molecule has 30 heavy (non-hydrogen) atoms. The number of halogens is 1. The van der Waals surface area contributed by atoms with E-state index in [2.05, 4.69) is 5.32 Å². The van der Waals surface area contributed by atoms with Crippen molar-refractivity contribution in [3.05, 3.63) is 65.0 Å². The number of ether oxygens (including phenoxy) is 1. The molecule has 0 saturated carbocycles. The molecule has 2 aromatic carbocycles. The van der Waals surface area contributed by atoms with E-state index in [1.807, 2.05) is 38.1 Å². The molecule has 2 unspecified atom stereocenters. The Bertz CT molecular complexity index is 928. The van der Waals surface area contributed by atoms with Crippen molar-refractivity contribution in [3.8, 4) is 5.75 Å². The number of amides is 2. The quantitative estimate of drug-likeness (QED) is 0.784. The van der Waals surface area contributed by atoms with Gasteiger partial charge in [0.05, 0.1) is 6.04 Å². The molecule has 0 aromatic heterocycles. The molecule has 1 heterocycles. The fraction of sp³-hybridized carbons (Fsp3) is 0.417. The van der Waals surface area contributed by atoms with E-state index in [4.69, 9.17) is 4.74 Å². The highest BCUT2D eigenvalue weighted by molar-refractivity contribution is 5.80. The molecule has 3 rings (SSSR count). The van der Waals surface area contributed by atoms with Gasteiger partial charge < -0.3 is 15.0 Å². The van der Waals surface area contributed by atoms with Gasteiger partial charge in [-0.3, -0.25) is 9.59 Å². The molecule has 2 atom stereocenters. The van der Waals surface area contributed by atoms with E-state index in [0.717, 1.165) is 11.1 Å². The number of fused-ring (bicyclic) bond motifs is 1. The van der Waals surface area contributed by atoms with Crippen molar-refractivity contribution in [2.45, 2.75) is 46.3 Å². The summed E-state index contributed by atoms with van der Waals surface area (Å²) in [5.41, 5.74) is 2.70. The van der Waals surface area contributed by atoms with Crippen LogP contribution in [0.5, 0.6) is 5.75 Å². The lowest BCUT2D eigenvalue weighted by atomic mass is 9.88. The van der Waals surface area contributed by atoms with Gasteiger partial charge in [-0.05, 0) is 60.2 Å². The lowest BCUT2D eigenvalue weighted by Crippen LogP contribution is -2.39. The average molecular weight is 413 g/mol. The van der Waals surface area contributed by atoms with Crippen LogP contribution in [0.1, 0.15) is 50.4 Å². The Balaban J connectivity index is 1.90. The molecule has 0 spiro atoms. The summed E-state index contributed by atoms with van der Waals surface area (Å²) in [5, 5.41) is 2.87. The summed E-state index contributed by atoms with van der Waals surface area (Å²) in [4.78, 5) is 26.3. The standard InChI is InChI=1S/C24H29FN2O3/c1-15(2)14-26-24(29)16(3)30-21-9-8-18-10-11-27(17(4)28)23(22(18)13-21)19-6-5-7-20(25)12-19/h5-9,12-13,15-16,23H,10-11,14H2,1-4H3,(H,26,29). The predicted octanol–water partition coefficient (Wildman–Crippen LogP) is 3.86. The van der Waals surface area contributed by atoms with Gasteiger partial charge in [0.2, 0.25) is 5.91 Å². The summed E-state index contributed by atoms with van der Waals surface area (Å²) in [6, 6.07) is 11.6. The summed E-state index contributed by atoms with van der Waals surface area (Å²) in [6.45, 7) is 8.45. The summed E-state index contributed by atoms with van der Waals surface area (Å²) in [7, 11) is 0. The van der Waals surface area contributed by atoms with Crippen molar-refractivity contribution in [2.24, 2.45) is 5.92 Å². The van der Waals surface area contributed by atoms with Gasteiger partial charge >= 0.3 is 0 Å². The van der Waals surface area contributed by atoms with Gasteiger partial charge in [-0.2, -0.15) is 0 Å². The Kier molecular flexibility index (Phi) is 6.75. The number of hydrogen-bond donors (Lipinski definition) is 1. The van der Waals surface area contributed by atoms with Crippen molar-refractivity contribution in [3.63, 3.8) is 0 Å². The van der Waals surface area contributed by atoms with Crippen LogP contribution in [0.3, 0.4) is 0 Å². The number of nitrogens with one attached hydrogen (secondary N) is 1. The first-order chi connectivity index (χ1) is 14.3. The second-order valence-corrected chi connectivity index (χ2v) is 8.18. The lowest BCUT2D eigenvalue weighted by Gasteiger charge is -2.37. The fourth-order valence-electron chi connectivity index (χ4n) is 3.75. The first-order valence-corrected chi connectivity index (χ1v) is 10.4. The van der Waals surface area contributed by atoms with Gasteiger partial charge in [0.15, 0.2) is 6.10 Å². The fourth-order valence-corrected chi connectivity index (χ4v) is 3.75. The minimum absolute atomic E-state index is 0.0670. The molecule has 0 saturated heterocycles. The largest absolute Gasteiger partial charge is 0.481 e. The predicted molar refractivity (Wildman–Crippen MR) is 114 cm³/mol. The zero-order chi connectivity index (χ0) is 21.8. The monoisotopic (exact) mass is 412 g/mol. The van der Waals surface area contributed by atoms with Crippen LogP contribution >= 0.6 is 0 Å². The normalized spacial score (nSPS) is 16.7. The van der Waals surface area contributed by atoms with Crippen molar-refractivity contribution in [1.82, 2.24) is 10.2 Å². The van der Waals surface area contributed by atoms with Gasteiger partial charge in [0.25, 0.3) is 5.91 Å². The molecule has 5 nitrogen and oxygen atoms in total. The summed E-state index contributed by atoms with van der Waals surface area (Å²) >= 11 is 0. The third kappa shape index (κ3) is 4.99. The Morgan fingerprint density at radius 2 is 1.97 bits per heavy atom. The van der Waals surface area contributed by atoms with Crippen LogP contribution in [0.15, 0.2) is 42.5 Å². The lowest BCUT2D eigenvalue weighted by molar-refractivity contribution is -0.131. The van der Waals surface area contributed by atoms with Crippen molar-refractivity contribution in [1.29, 1.82) is 0 Å². The highest BCUT2D eigenvalue weighted by Crippen LogP contribution is 2.37. The maximum Gasteiger partial charge on any atom is 0.260 e. The van der Waals surface area contributed by atoms with Crippen LogP contribution in [-0.4, -0.2) is 35.9 Å². The average Bonchev–Trinajstić information content (AvgIpc) is 2.70. The van der Waals surface area contributed by atoms with Crippen molar-refractivity contribution < 1.29 is 18.7 Å². The van der Waals surface area contributed by atoms with Crippen molar-refractivity contribution in [2.75, 3.05) is 13.1 Å². The first kappa shape index (κ1) is 21.8.